The van der Waals surface area contributed by atoms with E-state index in [0.29, 0.717) is 5.56 Å². The van der Waals surface area contributed by atoms with E-state index in [-0.39, 0.29) is 23.5 Å². The Morgan fingerprint density at radius 3 is 2.71 bits per heavy atom. The van der Waals surface area contributed by atoms with E-state index in [0.717, 1.165) is 12.8 Å². The predicted molar refractivity (Wildman–Crippen MR) is 67.1 cm³/mol. The van der Waals surface area contributed by atoms with Gasteiger partial charge in [0, 0.05) is 5.56 Å². The second-order valence-electron chi connectivity index (χ2n) is 4.27. The van der Waals surface area contributed by atoms with Gasteiger partial charge in [-0.25, -0.2) is 4.39 Å². The third-order valence-corrected chi connectivity index (χ3v) is 3.04. The summed E-state index contributed by atoms with van der Waals surface area (Å²) in [5, 5.41) is 0. The van der Waals surface area contributed by atoms with Gasteiger partial charge in [0.25, 0.3) is 0 Å². The molecule has 0 amide bonds. The Morgan fingerprint density at radius 2 is 2.18 bits per heavy atom. The number of hydrazine groups is 1. The summed E-state index contributed by atoms with van der Waals surface area (Å²) in [7, 11) is 1.46. The van der Waals surface area contributed by atoms with E-state index in [1.165, 1.54) is 7.11 Å². The van der Waals surface area contributed by atoms with Crippen molar-refractivity contribution in [3.05, 3.63) is 29.6 Å². The number of rotatable bonds is 6. The monoisotopic (exact) mass is 240 g/mol. The Bertz CT molecular complexity index is 357. The first kappa shape index (κ1) is 13.9. The molecule has 0 fully saturated rings. The number of hydrogen-bond donors (Lipinski definition) is 2. The average molecular weight is 240 g/mol. The standard InChI is InChI=1S/C13H21FN2O/c1-4-6-9(2)13(16-15)10-7-5-8-11(17-3)12(10)14/h5,7-9,13,16H,4,6,15H2,1-3H3. The largest absolute Gasteiger partial charge is 0.494 e. The number of nitrogens with one attached hydrogen (secondary N) is 1. The zero-order valence-electron chi connectivity index (χ0n) is 10.7. The van der Waals surface area contributed by atoms with Crippen LogP contribution in [-0.2, 0) is 0 Å². The van der Waals surface area contributed by atoms with Crippen molar-refractivity contribution in [2.45, 2.75) is 32.7 Å². The van der Waals surface area contributed by atoms with Gasteiger partial charge in [-0.3, -0.25) is 11.3 Å². The molecule has 0 bridgehead atoms. The third-order valence-electron chi connectivity index (χ3n) is 3.04. The van der Waals surface area contributed by atoms with Crippen molar-refractivity contribution in [2.75, 3.05) is 7.11 Å². The molecule has 2 unspecified atom stereocenters. The minimum Gasteiger partial charge on any atom is -0.494 e. The minimum absolute atomic E-state index is 0.190. The van der Waals surface area contributed by atoms with Gasteiger partial charge >= 0.3 is 0 Å². The lowest BCUT2D eigenvalue weighted by Gasteiger charge is -2.24. The summed E-state index contributed by atoms with van der Waals surface area (Å²) < 4.78 is 19.1. The molecule has 0 spiro atoms. The van der Waals surface area contributed by atoms with Crippen LogP contribution in [0.1, 0.15) is 38.3 Å². The topological polar surface area (TPSA) is 47.3 Å². The highest BCUT2D eigenvalue weighted by Gasteiger charge is 2.22. The Kier molecular flexibility index (Phi) is 5.38. The summed E-state index contributed by atoms with van der Waals surface area (Å²) in [6.07, 6.45) is 2.04. The van der Waals surface area contributed by atoms with Crippen LogP contribution in [0.3, 0.4) is 0 Å². The molecule has 96 valence electrons. The van der Waals surface area contributed by atoms with Crippen molar-refractivity contribution < 1.29 is 9.13 Å². The summed E-state index contributed by atoms with van der Waals surface area (Å²) >= 11 is 0. The molecular weight excluding hydrogens is 219 g/mol. The Balaban J connectivity index is 3.03. The zero-order valence-corrected chi connectivity index (χ0v) is 10.7. The lowest BCUT2D eigenvalue weighted by atomic mass is 9.91. The maximum atomic E-state index is 14.1. The average Bonchev–Trinajstić information content (AvgIpc) is 2.32. The molecule has 0 heterocycles. The molecule has 2 atom stereocenters. The number of ether oxygens (including phenoxy) is 1. The van der Waals surface area contributed by atoms with Gasteiger partial charge in [-0.15, -0.1) is 0 Å². The van der Waals surface area contributed by atoms with Gasteiger partial charge in [-0.05, 0) is 18.4 Å². The van der Waals surface area contributed by atoms with E-state index < -0.39 is 0 Å². The molecule has 0 saturated carbocycles. The predicted octanol–water partition coefficient (Wildman–Crippen LogP) is 2.77. The van der Waals surface area contributed by atoms with Gasteiger partial charge in [0.05, 0.1) is 13.2 Å². The molecule has 1 aromatic carbocycles. The molecular formula is C13H21FN2O. The van der Waals surface area contributed by atoms with Crippen LogP contribution in [0.5, 0.6) is 5.75 Å². The van der Waals surface area contributed by atoms with Gasteiger partial charge in [0.1, 0.15) is 0 Å². The molecule has 4 heteroatoms. The van der Waals surface area contributed by atoms with Gasteiger partial charge in [-0.1, -0.05) is 32.4 Å². The number of nitrogens with two attached hydrogens (primary N) is 1. The van der Waals surface area contributed by atoms with E-state index in [4.69, 9.17) is 10.6 Å². The smallest absolute Gasteiger partial charge is 0.169 e. The number of hydrogen-bond acceptors (Lipinski definition) is 3. The van der Waals surface area contributed by atoms with E-state index in [2.05, 4.69) is 19.3 Å². The van der Waals surface area contributed by atoms with Crippen LogP contribution in [0.2, 0.25) is 0 Å². The fourth-order valence-electron chi connectivity index (χ4n) is 2.11. The van der Waals surface area contributed by atoms with E-state index in [1.807, 2.05) is 0 Å². The van der Waals surface area contributed by atoms with Crippen LogP contribution < -0.4 is 16.0 Å². The first-order chi connectivity index (χ1) is 8.15. The normalized spacial score (nSPS) is 14.4. The molecule has 3 N–H and O–H groups in total. The van der Waals surface area contributed by atoms with Crippen molar-refractivity contribution in [3.63, 3.8) is 0 Å². The highest BCUT2D eigenvalue weighted by atomic mass is 19.1. The van der Waals surface area contributed by atoms with E-state index >= 15 is 0 Å². The quantitative estimate of drug-likeness (QED) is 0.593. The van der Waals surface area contributed by atoms with Crippen LogP contribution in [0.25, 0.3) is 0 Å². The summed E-state index contributed by atoms with van der Waals surface area (Å²) in [5.41, 5.74) is 3.26. The first-order valence-corrected chi connectivity index (χ1v) is 5.94. The van der Waals surface area contributed by atoms with Gasteiger partial charge < -0.3 is 4.74 Å². The fraction of sp³-hybridized carbons (Fsp3) is 0.538. The van der Waals surface area contributed by atoms with Crippen molar-refractivity contribution in [3.8, 4) is 5.75 Å². The summed E-state index contributed by atoms with van der Waals surface area (Å²) in [5.74, 6) is 5.73. The fourth-order valence-corrected chi connectivity index (χ4v) is 2.11. The maximum absolute atomic E-state index is 14.1. The Morgan fingerprint density at radius 1 is 1.47 bits per heavy atom. The Labute approximate surface area is 102 Å². The van der Waals surface area contributed by atoms with Gasteiger partial charge in [0.2, 0.25) is 0 Å². The van der Waals surface area contributed by atoms with Crippen LogP contribution >= 0.6 is 0 Å². The minimum atomic E-state index is -0.332. The molecule has 3 nitrogen and oxygen atoms in total. The highest BCUT2D eigenvalue weighted by molar-refractivity contribution is 5.33. The SMILES string of the molecule is CCCC(C)C(NN)c1cccc(OC)c1F. The second kappa shape index (κ2) is 6.57. The lowest BCUT2D eigenvalue weighted by Crippen LogP contribution is -2.33. The molecule has 0 aliphatic carbocycles. The number of methoxy groups -OCH3 is 1. The van der Waals surface area contributed by atoms with Gasteiger partial charge in [0.15, 0.2) is 11.6 Å². The lowest BCUT2D eigenvalue weighted by molar-refractivity contribution is 0.343. The highest BCUT2D eigenvalue weighted by Crippen LogP contribution is 2.30. The van der Waals surface area contributed by atoms with Crippen molar-refractivity contribution in [2.24, 2.45) is 11.8 Å². The second-order valence-corrected chi connectivity index (χ2v) is 4.27. The first-order valence-electron chi connectivity index (χ1n) is 5.94. The zero-order chi connectivity index (χ0) is 12.8. The van der Waals surface area contributed by atoms with Crippen LogP contribution in [0.15, 0.2) is 18.2 Å². The Hall–Kier alpha value is -1.13. The van der Waals surface area contributed by atoms with Gasteiger partial charge in [-0.2, -0.15) is 0 Å². The summed E-state index contributed by atoms with van der Waals surface area (Å²) in [6, 6.07) is 4.94. The van der Waals surface area contributed by atoms with Crippen molar-refractivity contribution in [1.82, 2.24) is 5.43 Å². The molecule has 0 aliphatic rings. The number of halogens is 1. The summed E-state index contributed by atoms with van der Waals surface area (Å²) in [4.78, 5) is 0. The van der Waals surface area contributed by atoms with E-state index in [9.17, 15) is 4.39 Å². The van der Waals surface area contributed by atoms with Crippen LogP contribution in [-0.4, -0.2) is 7.11 Å². The van der Waals surface area contributed by atoms with Crippen molar-refractivity contribution in [1.29, 1.82) is 0 Å². The summed E-state index contributed by atoms with van der Waals surface area (Å²) in [6.45, 7) is 4.17. The molecule has 0 radical (unpaired) electrons. The molecule has 0 saturated heterocycles. The van der Waals surface area contributed by atoms with Crippen LogP contribution in [0, 0.1) is 11.7 Å². The molecule has 17 heavy (non-hydrogen) atoms. The van der Waals surface area contributed by atoms with Crippen molar-refractivity contribution >= 4 is 0 Å². The molecule has 1 rings (SSSR count). The third kappa shape index (κ3) is 3.17. The number of benzene rings is 1. The molecule has 0 aliphatic heterocycles. The van der Waals surface area contributed by atoms with E-state index in [1.54, 1.807) is 18.2 Å². The van der Waals surface area contributed by atoms with Crippen LogP contribution in [0.4, 0.5) is 4.39 Å². The molecule has 1 aromatic rings. The molecule has 0 aromatic heterocycles. The maximum Gasteiger partial charge on any atom is 0.169 e.